The van der Waals surface area contributed by atoms with Crippen molar-refractivity contribution in [1.29, 1.82) is 0 Å². The monoisotopic (exact) mass is 533 g/mol. The van der Waals surface area contributed by atoms with Gasteiger partial charge in [-0.3, -0.25) is 0 Å². The smallest absolute Gasteiger partial charge is 0.135 e. The predicted octanol–water partition coefficient (Wildman–Crippen LogP) is 11.2. The van der Waals surface area contributed by atoms with Gasteiger partial charge < -0.3 is 8.98 Å². The molecule has 0 radical (unpaired) electrons. The lowest BCUT2D eigenvalue weighted by atomic mass is 9.96. The molecule has 42 heavy (non-hydrogen) atoms. The first kappa shape index (κ1) is 22.1. The molecule has 0 atom stereocenters. The van der Waals surface area contributed by atoms with Gasteiger partial charge in [0.25, 0.3) is 0 Å². The van der Waals surface area contributed by atoms with Crippen molar-refractivity contribution in [1.82, 2.24) is 4.57 Å². The van der Waals surface area contributed by atoms with Gasteiger partial charge in [-0.25, -0.2) is 0 Å². The number of hydrogen-bond acceptors (Lipinski definition) is 1. The maximum absolute atomic E-state index is 6.13. The van der Waals surface area contributed by atoms with Crippen LogP contribution in [0, 0.1) is 0 Å². The minimum absolute atomic E-state index is 0.914. The molecule has 2 nitrogen and oxygen atoms in total. The number of benzene rings is 7. The lowest BCUT2D eigenvalue weighted by Gasteiger charge is -2.10. The number of hydrogen-bond donors (Lipinski definition) is 0. The second kappa shape index (κ2) is 7.99. The van der Waals surface area contributed by atoms with Gasteiger partial charge in [0, 0.05) is 27.2 Å². The van der Waals surface area contributed by atoms with Crippen LogP contribution in [0.2, 0.25) is 0 Å². The normalized spacial score (nSPS) is 12.3. The summed E-state index contributed by atoms with van der Waals surface area (Å²) in [4.78, 5) is 0. The van der Waals surface area contributed by atoms with Gasteiger partial charge in [-0.15, -0.1) is 0 Å². The average Bonchev–Trinajstić information content (AvgIpc) is 3.69. The molecular weight excluding hydrogens is 510 g/mol. The second-order valence-electron chi connectivity index (χ2n) is 11.3. The molecule has 2 aromatic heterocycles. The van der Waals surface area contributed by atoms with E-state index in [-0.39, 0.29) is 0 Å². The number of fused-ring (bicyclic) bond motifs is 9. The van der Waals surface area contributed by atoms with E-state index in [1.165, 1.54) is 66.0 Å². The van der Waals surface area contributed by atoms with Gasteiger partial charge in [0.2, 0.25) is 0 Å². The number of para-hydroxylation sites is 2. The molecule has 0 amide bonds. The van der Waals surface area contributed by atoms with Gasteiger partial charge in [0.15, 0.2) is 0 Å². The maximum Gasteiger partial charge on any atom is 0.135 e. The topological polar surface area (TPSA) is 18.1 Å². The summed E-state index contributed by atoms with van der Waals surface area (Å²) in [7, 11) is 0. The first-order valence-electron chi connectivity index (χ1n) is 14.4. The molecule has 0 spiro atoms. The Morgan fingerprint density at radius 3 is 2.02 bits per heavy atom. The quantitative estimate of drug-likeness (QED) is 0.216. The Balaban J connectivity index is 1.17. The van der Waals surface area contributed by atoms with Crippen LogP contribution >= 0.6 is 0 Å². The fraction of sp³-hybridized carbons (Fsp3) is 0. The lowest BCUT2D eigenvalue weighted by Crippen LogP contribution is -1.93. The van der Waals surface area contributed by atoms with Crippen LogP contribution in [-0.2, 0) is 0 Å². The van der Waals surface area contributed by atoms with Crippen molar-refractivity contribution in [2.75, 3.05) is 0 Å². The van der Waals surface area contributed by atoms with E-state index in [2.05, 4.69) is 132 Å². The zero-order chi connectivity index (χ0) is 27.4. The zero-order valence-corrected chi connectivity index (χ0v) is 22.6. The van der Waals surface area contributed by atoms with Gasteiger partial charge in [0.1, 0.15) is 11.2 Å². The van der Waals surface area contributed by atoms with Crippen molar-refractivity contribution >= 4 is 54.5 Å². The highest BCUT2D eigenvalue weighted by atomic mass is 16.3. The largest absolute Gasteiger partial charge is 0.456 e. The van der Waals surface area contributed by atoms with E-state index in [1.54, 1.807) is 0 Å². The Labute approximate surface area is 241 Å². The molecule has 1 aliphatic carbocycles. The summed E-state index contributed by atoms with van der Waals surface area (Å²) in [5.41, 5.74) is 13.2. The first-order chi connectivity index (χ1) is 20.8. The van der Waals surface area contributed by atoms with Gasteiger partial charge >= 0.3 is 0 Å². The number of furan rings is 1. The van der Waals surface area contributed by atoms with Gasteiger partial charge in [0.05, 0.1) is 11.0 Å². The van der Waals surface area contributed by atoms with E-state index < -0.39 is 0 Å². The Hall–Kier alpha value is -5.60. The van der Waals surface area contributed by atoms with E-state index in [9.17, 15) is 0 Å². The van der Waals surface area contributed by atoms with Crippen LogP contribution in [0.4, 0.5) is 0 Å². The molecule has 0 N–H and O–H groups in total. The van der Waals surface area contributed by atoms with Crippen LogP contribution in [0.1, 0.15) is 0 Å². The van der Waals surface area contributed by atoms with Crippen molar-refractivity contribution in [3.63, 3.8) is 0 Å². The van der Waals surface area contributed by atoms with Gasteiger partial charge in [-0.05, 0) is 92.7 Å². The third-order valence-electron chi connectivity index (χ3n) is 9.13. The molecule has 0 saturated heterocycles. The molecule has 10 rings (SSSR count). The zero-order valence-electron chi connectivity index (χ0n) is 22.6. The summed E-state index contributed by atoms with van der Waals surface area (Å²) in [5.74, 6) is 0. The second-order valence-corrected chi connectivity index (χ2v) is 11.3. The Kier molecular flexibility index (Phi) is 4.21. The predicted molar refractivity (Wildman–Crippen MR) is 175 cm³/mol. The number of rotatable bonds is 2. The maximum atomic E-state index is 6.13. The first-order valence-corrected chi connectivity index (χ1v) is 14.4. The Morgan fingerprint density at radius 1 is 0.405 bits per heavy atom. The molecule has 0 aliphatic heterocycles. The van der Waals surface area contributed by atoms with Crippen molar-refractivity contribution in [3.05, 3.63) is 140 Å². The number of aromatic nitrogens is 1. The molecule has 0 bridgehead atoms. The SMILES string of the molecule is c1cc2c3c(cccc3c1)-c1cc(-c3ccc4c(c3)c3ccccc3n4-c3ccc4oc5ccccc5c4c3)ccc1-2. The highest BCUT2D eigenvalue weighted by molar-refractivity contribution is 6.16. The van der Waals surface area contributed by atoms with Crippen LogP contribution < -0.4 is 0 Å². The van der Waals surface area contributed by atoms with Crippen molar-refractivity contribution < 1.29 is 4.42 Å². The summed E-state index contributed by atoms with van der Waals surface area (Å²) < 4.78 is 8.51. The van der Waals surface area contributed by atoms with Crippen LogP contribution in [0.3, 0.4) is 0 Å². The average molecular weight is 534 g/mol. The van der Waals surface area contributed by atoms with E-state index in [4.69, 9.17) is 4.42 Å². The van der Waals surface area contributed by atoms with E-state index in [0.29, 0.717) is 0 Å². The molecule has 194 valence electrons. The van der Waals surface area contributed by atoms with Crippen LogP contribution in [0.15, 0.2) is 144 Å². The van der Waals surface area contributed by atoms with E-state index in [0.717, 1.165) is 27.6 Å². The van der Waals surface area contributed by atoms with Crippen LogP contribution in [-0.4, -0.2) is 4.57 Å². The fourth-order valence-electron chi connectivity index (χ4n) is 7.26. The van der Waals surface area contributed by atoms with Crippen LogP contribution in [0.5, 0.6) is 0 Å². The Bertz CT molecular complexity index is 2570. The van der Waals surface area contributed by atoms with E-state index >= 15 is 0 Å². The molecule has 0 saturated carbocycles. The van der Waals surface area contributed by atoms with Crippen molar-refractivity contribution in [2.24, 2.45) is 0 Å². The third-order valence-corrected chi connectivity index (χ3v) is 9.13. The summed E-state index contributed by atoms with van der Waals surface area (Å²) in [6.07, 6.45) is 0. The molecule has 7 aromatic carbocycles. The van der Waals surface area contributed by atoms with Crippen molar-refractivity contribution in [3.8, 4) is 39.1 Å². The molecule has 2 heterocycles. The minimum Gasteiger partial charge on any atom is -0.456 e. The molecule has 9 aromatic rings. The molecular formula is C40H23NO. The molecule has 2 heteroatoms. The minimum atomic E-state index is 0.914. The summed E-state index contributed by atoms with van der Waals surface area (Å²) >= 11 is 0. The molecule has 1 aliphatic rings. The highest BCUT2D eigenvalue weighted by Crippen LogP contribution is 2.48. The fourth-order valence-corrected chi connectivity index (χ4v) is 7.26. The van der Waals surface area contributed by atoms with Gasteiger partial charge in [-0.1, -0.05) is 91.0 Å². The van der Waals surface area contributed by atoms with Crippen molar-refractivity contribution in [2.45, 2.75) is 0 Å². The summed E-state index contributed by atoms with van der Waals surface area (Å²) in [6, 6.07) is 50.7. The van der Waals surface area contributed by atoms with Gasteiger partial charge in [-0.2, -0.15) is 0 Å². The molecule has 0 fully saturated rings. The van der Waals surface area contributed by atoms with E-state index in [1.807, 2.05) is 12.1 Å². The Morgan fingerprint density at radius 2 is 1.12 bits per heavy atom. The summed E-state index contributed by atoms with van der Waals surface area (Å²) in [6.45, 7) is 0. The third kappa shape index (κ3) is 2.88. The number of nitrogens with zero attached hydrogens (tertiary/aromatic N) is 1. The standard InChI is InChI=1S/C40H23NO/c1-3-13-36-29(9-1)34-22-26(25-15-18-28-31-11-5-7-24-8-6-12-32(40(24)31)33(28)21-25)16-19-37(34)41(36)27-17-20-39-35(23-27)30-10-2-4-14-38(30)42-39/h1-23H. The molecule has 0 unspecified atom stereocenters. The van der Waals surface area contributed by atoms with Crippen LogP contribution in [0.25, 0.3) is 93.6 Å². The lowest BCUT2D eigenvalue weighted by molar-refractivity contribution is 0.669. The summed E-state index contributed by atoms with van der Waals surface area (Å²) in [5, 5.41) is 7.47. The highest BCUT2D eigenvalue weighted by Gasteiger charge is 2.22.